The first-order chi connectivity index (χ1) is 8.38. The third-order valence-electron chi connectivity index (χ3n) is 2.25. The van der Waals surface area contributed by atoms with E-state index >= 15 is 0 Å². The molecule has 1 heterocycles. The molecule has 2 N–H and O–H groups in total. The van der Waals surface area contributed by atoms with Gasteiger partial charge in [-0.05, 0) is 12.1 Å². The Kier molecular flexibility index (Phi) is 3.29. The van der Waals surface area contributed by atoms with E-state index in [-0.39, 0.29) is 28.3 Å². The van der Waals surface area contributed by atoms with Crippen molar-refractivity contribution < 1.29 is 18.0 Å². The van der Waals surface area contributed by atoms with Crippen LogP contribution in [-0.4, -0.2) is 18.3 Å². The zero-order chi connectivity index (χ0) is 13.3. The summed E-state index contributed by atoms with van der Waals surface area (Å²) < 4.78 is 38.1. The molecule has 1 amide bonds. The Labute approximate surface area is 108 Å². The van der Waals surface area contributed by atoms with Gasteiger partial charge < -0.3 is 5.32 Å². The number of carbonyl (C=O) groups excluding carboxylic acids is 1. The van der Waals surface area contributed by atoms with Gasteiger partial charge in [-0.25, -0.2) is 5.43 Å². The number of halogens is 4. The van der Waals surface area contributed by atoms with E-state index in [2.05, 4.69) is 31.8 Å². The van der Waals surface area contributed by atoms with Crippen LogP contribution in [0.25, 0.3) is 0 Å². The molecule has 1 aromatic rings. The largest absolute Gasteiger partial charge is 0.417 e. The number of nitrogens with zero attached hydrogens (tertiary/aromatic N) is 1. The van der Waals surface area contributed by atoms with E-state index in [1.807, 2.05) is 0 Å². The molecule has 0 radical (unpaired) electrons. The monoisotopic (exact) mass is 321 g/mol. The molecule has 0 aliphatic carbocycles. The predicted octanol–water partition coefficient (Wildman–Crippen LogP) is 1.85. The van der Waals surface area contributed by atoms with Crippen molar-refractivity contribution in [2.75, 3.05) is 6.54 Å². The van der Waals surface area contributed by atoms with Gasteiger partial charge >= 0.3 is 6.18 Å². The fourth-order valence-corrected chi connectivity index (χ4v) is 1.89. The second kappa shape index (κ2) is 4.60. The molecule has 18 heavy (non-hydrogen) atoms. The summed E-state index contributed by atoms with van der Waals surface area (Å²) in [7, 11) is 0. The highest BCUT2D eigenvalue weighted by Crippen LogP contribution is 2.35. The van der Waals surface area contributed by atoms with Gasteiger partial charge in [-0.2, -0.15) is 18.3 Å². The molecule has 0 unspecified atom stereocenters. The lowest BCUT2D eigenvalue weighted by Gasteiger charge is -2.16. The maximum absolute atomic E-state index is 12.7. The number of amides is 1. The quantitative estimate of drug-likeness (QED) is 0.829. The number of amidine groups is 1. The summed E-state index contributed by atoms with van der Waals surface area (Å²) >= 11 is 2.85. The second-order valence-corrected chi connectivity index (χ2v) is 4.40. The van der Waals surface area contributed by atoms with Crippen LogP contribution in [0.1, 0.15) is 11.1 Å². The minimum Gasteiger partial charge on any atom is -0.359 e. The van der Waals surface area contributed by atoms with Gasteiger partial charge in [0.2, 0.25) is 0 Å². The highest BCUT2D eigenvalue weighted by molar-refractivity contribution is 9.10. The van der Waals surface area contributed by atoms with Crippen LogP contribution in [0, 0.1) is 0 Å². The lowest BCUT2D eigenvalue weighted by atomic mass is 10.1. The molecular weight excluding hydrogens is 315 g/mol. The molecular formula is C10H7BrF3N3O. The molecule has 0 saturated heterocycles. The summed E-state index contributed by atoms with van der Waals surface area (Å²) in [5.41, 5.74) is 1.66. The zero-order valence-corrected chi connectivity index (χ0v) is 10.4. The Morgan fingerprint density at radius 2 is 2.06 bits per heavy atom. The number of hydrazone groups is 1. The normalized spacial score (nSPS) is 15.8. The number of hydrogen-bond acceptors (Lipinski definition) is 3. The van der Waals surface area contributed by atoms with Crippen molar-refractivity contribution >= 4 is 27.7 Å². The highest BCUT2D eigenvalue weighted by Gasteiger charge is 2.33. The summed E-state index contributed by atoms with van der Waals surface area (Å²) in [5, 5.41) is 6.30. The number of benzene rings is 1. The van der Waals surface area contributed by atoms with Crippen LogP contribution in [0.2, 0.25) is 0 Å². The van der Waals surface area contributed by atoms with Gasteiger partial charge in [0.1, 0.15) is 0 Å². The molecule has 4 nitrogen and oxygen atoms in total. The highest BCUT2D eigenvalue weighted by atomic mass is 79.9. The Morgan fingerprint density at radius 3 is 2.61 bits per heavy atom. The third-order valence-corrected chi connectivity index (χ3v) is 2.95. The molecule has 96 valence electrons. The lowest BCUT2D eigenvalue weighted by molar-refractivity contribution is -0.138. The summed E-state index contributed by atoms with van der Waals surface area (Å²) in [4.78, 5) is 10.9. The number of rotatable bonds is 1. The van der Waals surface area contributed by atoms with Gasteiger partial charge in [0.25, 0.3) is 5.91 Å². The van der Waals surface area contributed by atoms with Crippen LogP contribution in [0.3, 0.4) is 0 Å². The number of nitrogens with one attached hydrogen (secondary N) is 2. The van der Waals surface area contributed by atoms with Gasteiger partial charge in [0.05, 0.1) is 12.1 Å². The summed E-state index contributed by atoms with van der Waals surface area (Å²) in [6.07, 6.45) is -4.45. The molecule has 1 aliphatic rings. The lowest BCUT2D eigenvalue weighted by Crippen LogP contribution is -2.42. The Balaban J connectivity index is 2.39. The van der Waals surface area contributed by atoms with Crippen LogP contribution in [-0.2, 0) is 11.0 Å². The average Bonchev–Trinajstić information content (AvgIpc) is 2.29. The zero-order valence-electron chi connectivity index (χ0n) is 8.81. The van der Waals surface area contributed by atoms with Crippen LogP contribution in [0.15, 0.2) is 27.8 Å². The smallest absolute Gasteiger partial charge is 0.359 e. The van der Waals surface area contributed by atoms with E-state index in [4.69, 9.17) is 0 Å². The van der Waals surface area contributed by atoms with Crippen molar-refractivity contribution in [2.45, 2.75) is 6.18 Å². The van der Waals surface area contributed by atoms with E-state index in [1.54, 1.807) is 0 Å². The Bertz CT molecular complexity index is 528. The third kappa shape index (κ3) is 2.63. The van der Waals surface area contributed by atoms with Gasteiger partial charge in [-0.1, -0.05) is 22.0 Å². The second-order valence-electron chi connectivity index (χ2n) is 3.54. The van der Waals surface area contributed by atoms with Crippen LogP contribution in [0.4, 0.5) is 13.2 Å². The van der Waals surface area contributed by atoms with Crippen molar-refractivity contribution in [2.24, 2.45) is 5.10 Å². The van der Waals surface area contributed by atoms with E-state index in [1.165, 1.54) is 12.1 Å². The molecule has 0 spiro atoms. The van der Waals surface area contributed by atoms with E-state index in [0.717, 1.165) is 6.07 Å². The standard InChI is InChI=1S/C10H7BrF3N3O/c11-7-2-1-5(3-6(7)10(12,13)14)9-15-4-8(18)16-17-9/h1-3H,4H2,(H,15,17)(H,16,18). The minimum absolute atomic E-state index is 0.0176. The molecule has 0 bridgehead atoms. The maximum Gasteiger partial charge on any atom is 0.417 e. The SMILES string of the molecule is O=C1CNC(c2ccc(Br)c(C(F)(F)F)c2)=NN1. The molecule has 0 atom stereocenters. The van der Waals surface area contributed by atoms with Crippen molar-refractivity contribution in [3.8, 4) is 0 Å². The topological polar surface area (TPSA) is 53.5 Å². The van der Waals surface area contributed by atoms with E-state index in [0.29, 0.717) is 0 Å². The van der Waals surface area contributed by atoms with Gasteiger partial charge in [0, 0.05) is 10.0 Å². The molecule has 1 aliphatic heterocycles. The number of carbonyl (C=O) groups is 1. The van der Waals surface area contributed by atoms with Gasteiger partial charge in [-0.15, -0.1) is 0 Å². The van der Waals surface area contributed by atoms with Crippen LogP contribution in [0.5, 0.6) is 0 Å². The van der Waals surface area contributed by atoms with Crippen molar-refractivity contribution in [1.29, 1.82) is 0 Å². The maximum atomic E-state index is 12.7. The molecule has 1 aromatic carbocycles. The van der Waals surface area contributed by atoms with E-state index < -0.39 is 11.7 Å². The number of hydrogen-bond donors (Lipinski definition) is 2. The predicted molar refractivity (Wildman–Crippen MR) is 61.8 cm³/mol. The fraction of sp³-hybridized carbons (Fsp3) is 0.200. The van der Waals surface area contributed by atoms with Crippen LogP contribution >= 0.6 is 15.9 Å². The summed E-state index contributed by atoms with van der Waals surface area (Å²) in [6, 6.07) is 3.73. The van der Waals surface area contributed by atoms with E-state index in [9.17, 15) is 18.0 Å². The first kappa shape index (κ1) is 12.9. The average molecular weight is 322 g/mol. The first-order valence-corrected chi connectivity index (χ1v) is 5.65. The number of alkyl halides is 3. The molecule has 0 aromatic heterocycles. The molecule has 8 heteroatoms. The van der Waals surface area contributed by atoms with Crippen molar-refractivity contribution in [3.05, 3.63) is 33.8 Å². The molecule has 2 rings (SSSR count). The Morgan fingerprint density at radius 1 is 1.33 bits per heavy atom. The fourth-order valence-electron chi connectivity index (χ4n) is 1.42. The molecule has 0 fully saturated rings. The minimum atomic E-state index is -4.45. The van der Waals surface area contributed by atoms with Crippen molar-refractivity contribution in [1.82, 2.24) is 10.7 Å². The van der Waals surface area contributed by atoms with Gasteiger partial charge in [0.15, 0.2) is 5.84 Å². The molecule has 0 saturated carbocycles. The summed E-state index contributed by atoms with van der Waals surface area (Å²) in [5.74, 6) is -0.139. The summed E-state index contributed by atoms with van der Waals surface area (Å²) in [6.45, 7) is -0.0176. The first-order valence-electron chi connectivity index (χ1n) is 4.85. The van der Waals surface area contributed by atoms with Gasteiger partial charge in [-0.3, -0.25) is 4.79 Å². The van der Waals surface area contributed by atoms with Crippen LogP contribution < -0.4 is 10.7 Å². The van der Waals surface area contributed by atoms with Crippen molar-refractivity contribution in [3.63, 3.8) is 0 Å². The Hall–Kier alpha value is -1.57.